The summed E-state index contributed by atoms with van der Waals surface area (Å²) in [5.74, 6) is -1.12. The van der Waals surface area contributed by atoms with E-state index < -0.39 is 36.0 Å². The summed E-state index contributed by atoms with van der Waals surface area (Å²) in [7, 11) is 0. The Bertz CT molecular complexity index is 833. The molecule has 1 aromatic carbocycles. The van der Waals surface area contributed by atoms with Crippen LogP contribution in [0.15, 0.2) is 24.3 Å². The molecule has 8 nitrogen and oxygen atoms in total. The van der Waals surface area contributed by atoms with Crippen molar-refractivity contribution in [2.45, 2.75) is 56.5 Å². The minimum absolute atomic E-state index is 0.0662. The first-order chi connectivity index (χ1) is 13.5. The van der Waals surface area contributed by atoms with Gasteiger partial charge in [-0.25, -0.2) is 9.59 Å². The summed E-state index contributed by atoms with van der Waals surface area (Å²) in [4.78, 5) is 50.6. The molecule has 6 amide bonds. The molecule has 28 heavy (non-hydrogen) atoms. The maximum Gasteiger partial charge on any atom is 0.325 e. The molecule has 3 aliphatic rings. The Hall–Kier alpha value is -2.90. The van der Waals surface area contributed by atoms with Crippen LogP contribution in [0.4, 0.5) is 9.59 Å². The van der Waals surface area contributed by atoms with Gasteiger partial charge in [-0.2, -0.15) is 0 Å². The average molecular weight is 384 g/mol. The fraction of sp³-hybridized carbons (Fsp3) is 0.500. The van der Waals surface area contributed by atoms with Gasteiger partial charge in [0.25, 0.3) is 5.91 Å². The third kappa shape index (κ3) is 3.23. The number of aryl methyl sites for hydroxylation is 1. The summed E-state index contributed by atoms with van der Waals surface area (Å²) in [5, 5.41) is 7.78. The van der Waals surface area contributed by atoms with Gasteiger partial charge in [-0.1, -0.05) is 43.5 Å². The van der Waals surface area contributed by atoms with E-state index in [-0.39, 0.29) is 6.04 Å². The van der Waals surface area contributed by atoms with Gasteiger partial charge in [0.05, 0.1) is 0 Å². The number of nitrogens with one attached hydrogen (secondary N) is 3. The molecule has 2 aliphatic carbocycles. The minimum Gasteiger partial charge on any atom is -0.335 e. The highest BCUT2D eigenvalue weighted by molar-refractivity contribution is 6.10. The minimum atomic E-state index is -1.10. The number of nitrogens with zero attached hydrogens (tertiary/aromatic N) is 1. The maximum absolute atomic E-state index is 13.0. The summed E-state index contributed by atoms with van der Waals surface area (Å²) in [6.07, 6.45) is 6.24. The van der Waals surface area contributed by atoms with Crippen LogP contribution >= 0.6 is 0 Å². The lowest BCUT2D eigenvalue weighted by Gasteiger charge is -2.23. The first kappa shape index (κ1) is 18.5. The number of fused-ring (bicyclic) bond motifs is 2. The van der Waals surface area contributed by atoms with Gasteiger partial charge in [-0.3, -0.25) is 19.8 Å². The number of rotatable bonds is 3. The van der Waals surface area contributed by atoms with Crippen LogP contribution in [-0.4, -0.2) is 41.4 Å². The topological polar surface area (TPSA) is 108 Å². The summed E-state index contributed by atoms with van der Waals surface area (Å²) >= 11 is 0. The van der Waals surface area contributed by atoms with Gasteiger partial charge in [0, 0.05) is 6.04 Å². The highest BCUT2D eigenvalue weighted by Crippen LogP contribution is 2.41. The smallest absolute Gasteiger partial charge is 0.325 e. The van der Waals surface area contributed by atoms with Crippen LogP contribution in [0.1, 0.15) is 49.7 Å². The van der Waals surface area contributed by atoms with E-state index in [0.29, 0.717) is 12.8 Å². The zero-order chi connectivity index (χ0) is 19.7. The fourth-order valence-electron chi connectivity index (χ4n) is 4.51. The molecule has 1 saturated heterocycles. The van der Waals surface area contributed by atoms with Gasteiger partial charge in [0.15, 0.2) is 0 Å². The van der Waals surface area contributed by atoms with Crippen molar-refractivity contribution < 1.29 is 19.2 Å². The lowest BCUT2D eigenvalue weighted by Crippen LogP contribution is -2.49. The van der Waals surface area contributed by atoms with Crippen molar-refractivity contribution in [3.05, 3.63) is 35.4 Å². The summed E-state index contributed by atoms with van der Waals surface area (Å²) in [6.45, 7) is -0.479. The normalized spacial score (nSPS) is 24.2. The first-order valence-corrected chi connectivity index (χ1v) is 9.82. The number of urea groups is 2. The molecule has 1 spiro atoms. The van der Waals surface area contributed by atoms with Gasteiger partial charge < -0.3 is 10.6 Å². The second-order valence-corrected chi connectivity index (χ2v) is 7.74. The third-order valence-electron chi connectivity index (χ3n) is 5.92. The molecule has 2 fully saturated rings. The van der Waals surface area contributed by atoms with Crippen molar-refractivity contribution in [1.82, 2.24) is 20.9 Å². The monoisotopic (exact) mass is 384 g/mol. The molecule has 4 rings (SSSR count). The molecule has 1 saturated carbocycles. The second-order valence-electron chi connectivity index (χ2n) is 7.74. The molecule has 0 bridgehead atoms. The molecule has 0 aromatic heterocycles. The Morgan fingerprint density at radius 2 is 1.89 bits per heavy atom. The highest BCUT2D eigenvalue weighted by Gasteiger charge is 2.55. The second kappa shape index (κ2) is 7.26. The Morgan fingerprint density at radius 1 is 1.14 bits per heavy atom. The van der Waals surface area contributed by atoms with Gasteiger partial charge in [0.2, 0.25) is 5.91 Å². The summed E-state index contributed by atoms with van der Waals surface area (Å²) in [6, 6.07) is 6.38. The number of imide groups is 2. The molecular weight excluding hydrogens is 360 g/mol. The van der Waals surface area contributed by atoms with Gasteiger partial charge in [-0.15, -0.1) is 0 Å². The zero-order valence-electron chi connectivity index (χ0n) is 15.6. The molecule has 8 heteroatoms. The molecule has 1 atom stereocenters. The van der Waals surface area contributed by atoms with E-state index >= 15 is 0 Å². The van der Waals surface area contributed by atoms with Crippen LogP contribution in [0.25, 0.3) is 0 Å². The van der Waals surface area contributed by atoms with Crippen molar-refractivity contribution in [2.24, 2.45) is 0 Å². The first-order valence-electron chi connectivity index (χ1n) is 9.82. The van der Waals surface area contributed by atoms with E-state index in [2.05, 4.69) is 16.0 Å². The standard InChI is InChI=1S/C20H24N4O4/c25-16(22-18(27)21-14-7-2-1-3-8-14)12-24-17(26)20(23-19(24)28)11-10-13-6-4-5-9-15(13)20/h4-6,9,14H,1-3,7-8,10-12H2,(H,23,28)(H2,21,22,25,27). The van der Waals surface area contributed by atoms with Gasteiger partial charge in [0.1, 0.15) is 12.1 Å². The zero-order valence-corrected chi connectivity index (χ0v) is 15.6. The average Bonchev–Trinajstić information content (AvgIpc) is 3.16. The predicted octanol–water partition coefficient (Wildman–Crippen LogP) is 1.54. The summed E-state index contributed by atoms with van der Waals surface area (Å²) in [5.41, 5.74) is 0.707. The number of benzene rings is 1. The number of carbonyl (C=O) groups excluding carboxylic acids is 4. The lowest BCUT2D eigenvalue weighted by molar-refractivity contribution is -0.135. The highest BCUT2D eigenvalue weighted by atomic mass is 16.2. The number of carbonyl (C=O) groups is 4. The van der Waals surface area contributed by atoms with E-state index in [1.807, 2.05) is 24.3 Å². The Kier molecular flexibility index (Phi) is 4.78. The predicted molar refractivity (Wildman–Crippen MR) is 100 cm³/mol. The number of hydrogen-bond acceptors (Lipinski definition) is 4. The van der Waals surface area contributed by atoms with Crippen LogP contribution in [-0.2, 0) is 21.5 Å². The maximum atomic E-state index is 13.0. The molecule has 1 aromatic rings. The largest absolute Gasteiger partial charge is 0.335 e. The SMILES string of the molecule is O=C(CN1C(=O)NC2(CCc3ccccc32)C1=O)NC(=O)NC1CCCCC1. The van der Waals surface area contributed by atoms with Crippen molar-refractivity contribution in [1.29, 1.82) is 0 Å². The molecule has 3 N–H and O–H groups in total. The molecule has 1 aliphatic heterocycles. The van der Waals surface area contributed by atoms with Crippen LogP contribution in [0, 0.1) is 0 Å². The van der Waals surface area contributed by atoms with Crippen LogP contribution in [0.5, 0.6) is 0 Å². The Labute approximate surface area is 163 Å². The lowest BCUT2D eigenvalue weighted by atomic mass is 9.92. The van der Waals surface area contributed by atoms with E-state index in [4.69, 9.17) is 0 Å². The fourth-order valence-corrected chi connectivity index (χ4v) is 4.51. The van der Waals surface area contributed by atoms with Crippen molar-refractivity contribution in [2.75, 3.05) is 6.54 Å². The number of amides is 6. The van der Waals surface area contributed by atoms with Crippen molar-refractivity contribution in [3.63, 3.8) is 0 Å². The van der Waals surface area contributed by atoms with Crippen LogP contribution < -0.4 is 16.0 Å². The van der Waals surface area contributed by atoms with Gasteiger partial charge >= 0.3 is 12.1 Å². The molecular formula is C20H24N4O4. The van der Waals surface area contributed by atoms with Crippen molar-refractivity contribution >= 4 is 23.9 Å². The Balaban J connectivity index is 1.38. The Morgan fingerprint density at radius 3 is 2.68 bits per heavy atom. The van der Waals surface area contributed by atoms with Crippen LogP contribution in [0.3, 0.4) is 0 Å². The van der Waals surface area contributed by atoms with E-state index in [9.17, 15) is 19.2 Å². The molecule has 0 radical (unpaired) electrons. The van der Waals surface area contributed by atoms with Crippen LogP contribution in [0.2, 0.25) is 0 Å². The van der Waals surface area contributed by atoms with Gasteiger partial charge in [-0.05, 0) is 36.8 Å². The van der Waals surface area contributed by atoms with E-state index in [0.717, 1.165) is 48.1 Å². The van der Waals surface area contributed by atoms with E-state index in [1.54, 1.807) is 0 Å². The molecule has 1 heterocycles. The van der Waals surface area contributed by atoms with Crippen molar-refractivity contribution in [3.8, 4) is 0 Å². The molecule has 1 unspecified atom stereocenters. The van der Waals surface area contributed by atoms with E-state index in [1.165, 1.54) is 0 Å². The third-order valence-corrected chi connectivity index (χ3v) is 5.92. The molecule has 148 valence electrons. The quantitative estimate of drug-likeness (QED) is 0.687. The summed E-state index contributed by atoms with van der Waals surface area (Å²) < 4.78 is 0. The number of hydrogen-bond donors (Lipinski definition) is 3.